The third-order valence-electron chi connectivity index (χ3n) is 9.41. The van der Waals surface area contributed by atoms with Crippen molar-refractivity contribution in [2.75, 3.05) is 40.3 Å². The van der Waals surface area contributed by atoms with Gasteiger partial charge in [-0.15, -0.1) is 0 Å². The number of amides is 2. The zero-order valence-corrected chi connectivity index (χ0v) is 26.7. The minimum Gasteiger partial charge on any atom is -0.481 e. The van der Waals surface area contributed by atoms with Gasteiger partial charge in [0.05, 0.1) is 30.9 Å². The first-order valence-corrected chi connectivity index (χ1v) is 15.9. The van der Waals surface area contributed by atoms with Crippen LogP contribution < -0.4 is 15.5 Å². The van der Waals surface area contributed by atoms with Crippen molar-refractivity contribution in [2.45, 2.75) is 71.4 Å². The van der Waals surface area contributed by atoms with E-state index in [9.17, 15) is 14.4 Å². The number of carbonyl (C=O) groups is 3. The Kier molecular flexibility index (Phi) is 9.51. The number of aromatic nitrogens is 1. The van der Waals surface area contributed by atoms with Crippen LogP contribution in [0, 0.1) is 11.3 Å². The van der Waals surface area contributed by atoms with Gasteiger partial charge in [0.1, 0.15) is 24.8 Å². The molecule has 0 spiro atoms. The van der Waals surface area contributed by atoms with Crippen LogP contribution in [0.4, 0.5) is 5.69 Å². The maximum Gasteiger partial charge on any atom is 0.304 e. The Morgan fingerprint density at radius 1 is 1.11 bits per heavy atom. The number of hydrogen-bond acceptors (Lipinski definition) is 6. The molecule has 1 aromatic carbocycles. The number of fused-ring (bicyclic) bond motifs is 2. The van der Waals surface area contributed by atoms with Crippen LogP contribution in [-0.2, 0) is 28.9 Å². The summed E-state index contributed by atoms with van der Waals surface area (Å²) in [7, 11) is 3.97. The van der Waals surface area contributed by atoms with E-state index in [1.807, 2.05) is 30.1 Å². The number of quaternary nitrogens is 1. The molecule has 0 saturated carbocycles. The first-order valence-electron chi connectivity index (χ1n) is 15.9. The van der Waals surface area contributed by atoms with Crippen molar-refractivity contribution in [3.63, 3.8) is 0 Å². The predicted octanol–water partition coefficient (Wildman–Crippen LogP) is 2.14. The predicted molar refractivity (Wildman–Crippen MR) is 170 cm³/mol. The van der Waals surface area contributed by atoms with E-state index >= 15 is 0 Å². The normalized spacial score (nSPS) is 21.5. The number of hydrogen-bond donors (Lipinski definition) is 4. The molecule has 44 heavy (non-hydrogen) atoms. The van der Waals surface area contributed by atoms with Gasteiger partial charge in [0, 0.05) is 30.8 Å². The van der Waals surface area contributed by atoms with Crippen molar-refractivity contribution in [1.82, 2.24) is 20.5 Å². The minimum atomic E-state index is -0.845. The number of carboxylic acids is 1. The number of likely N-dealkylation sites (tertiary alicyclic amines) is 1. The molecule has 5 rings (SSSR count). The molecule has 1 aromatic heterocycles. The van der Waals surface area contributed by atoms with Gasteiger partial charge >= 0.3 is 5.97 Å². The SMILES string of the molecule is CN(CCC(=O)O)CC[C@@H](NC(=O)C1=Nc2cc3c(nc2C1)CC[C@H](C(C)(C)C)C3)c1cccc(C(=O)NC2C[NH+](C)C2)c1. The minimum absolute atomic E-state index is 0.0454. The maximum atomic E-state index is 13.7. The number of aliphatic carboxylic acids is 1. The number of nitrogens with one attached hydrogen (secondary N) is 3. The maximum absolute atomic E-state index is 13.7. The van der Waals surface area contributed by atoms with Crippen molar-refractivity contribution in [2.24, 2.45) is 16.3 Å². The zero-order chi connectivity index (χ0) is 31.6. The fourth-order valence-electron chi connectivity index (χ4n) is 6.50. The lowest BCUT2D eigenvalue weighted by atomic mass is 9.71. The molecule has 236 valence electrons. The molecule has 1 fully saturated rings. The molecule has 10 heteroatoms. The summed E-state index contributed by atoms with van der Waals surface area (Å²) in [6.45, 7) is 9.67. The molecule has 1 aliphatic carbocycles. The third-order valence-corrected chi connectivity index (χ3v) is 9.41. The van der Waals surface area contributed by atoms with Crippen LogP contribution in [0.25, 0.3) is 0 Å². The number of aliphatic imine (C=N–C) groups is 1. The van der Waals surface area contributed by atoms with E-state index in [1.165, 1.54) is 10.5 Å². The Morgan fingerprint density at radius 2 is 1.89 bits per heavy atom. The summed E-state index contributed by atoms with van der Waals surface area (Å²) in [5, 5.41) is 15.4. The number of rotatable bonds is 11. The van der Waals surface area contributed by atoms with Crippen LogP contribution in [0.1, 0.15) is 78.9 Å². The monoisotopic (exact) mass is 603 g/mol. The Balaban J connectivity index is 1.31. The summed E-state index contributed by atoms with van der Waals surface area (Å²) in [4.78, 5) is 50.7. The van der Waals surface area contributed by atoms with Crippen LogP contribution >= 0.6 is 0 Å². The number of nitrogens with zero attached hydrogens (tertiary/aromatic N) is 3. The standard InChI is InChI=1S/C34H46N6O4/c1-34(2,3)24-9-10-26-23(16-24)17-28-29(36-26)18-30(37-28)33(44)38-27(11-13-39(4)14-12-31(41)42)21-7-6-8-22(15-21)32(43)35-25-19-40(5)20-25/h6-8,15,17,24-25,27H,9-14,16,18-20H2,1-5H3,(H,35,43)(H,38,44)(H,41,42)/p+1/t24-,27+/m0/s1. The molecule has 0 bridgehead atoms. The second kappa shape index (κ2) is 13.2. The summed E-state index contributed by atoms with van der Waals surface area (Å²) >= 11 is 0. The van der Waals surface area contributed by atoms with Crippen LogP contribution in [0.3, 0.4) is 0 Å². The molecule has 0 radical (unpaired) electrons. The summed E-state index contributed by atoms with van der Waals surface area (Å²) in [6.07, 6.45) is 4.04. The van der Waals surface area contributed by atoms with E-state index in [-0.39, 0.29) is 35.7 Å². The van der Waals surface area contributed by atoms with Crippen LogP contribution in [-0.4, -0.2) is 84.8 Å². The van der Waals surface area contributed by atoms with Gasteiger partial charge in [-0.05, 0) is 73.4 Å². The average molecular weight is 604 g/mol. The topological polar surface area (TPSA) is 128 Å². The molecule has 2 aliphatic heterocycles. The Morgan fingerprint density at radius 3 is 2.59 bits per heavy atom. The highest BCUT2D eigenvalue weighted by atomic mass is 16.4. The van der Waals surface area contributed by atoms with Gasteiger partial charge in [-0.25, -0.2) is 4.99 Å². The fourth-order valence-corrected chi connectivity index (χ4v) is 6.50. The van der Waals surface area contributed by atoms with E-state index in [4.69, 9.17) is 15.1 Å². The number of carbonyl (C=O) groups excluding carboxylic acids is 2. The van der Waals surface area contributed by atoms with Crippen molar-refractivity contribution in [3.05, 3.63) is 58.4 Å². The highest BCUT2D eigenvalue weighted by Gasteiger charge is 2.32. The lowest BCUT2D eigenvalue weighted by Crippen LogP contribution is -3.19. The number of aryl methyl sites for hydroxylation is 1. The second-order valence-corrected chi connectivity index (χ2v) is 14.0. The quantitative estimate of drug-likeness (QED) is 0.312. The lowest BCUT2D eigenvalue weighted by molar-refractivity contribution is -0.922. The summed E-state index contributed by atoms with van der Waals surface area (Å²) in [6, 6.07) is 9.33. The van der Waals surface area contributed by atoms with Crippen molar-refractivity contribution in [1.29, 1.82) is 0 Å². The van der Waals surface area contributed by atoms with E-state index in [2.05, 4.69) is 44.5 Å². The number of benzene rings is 1. The highest BCUT2D eigenvalue weighted by molar-refractivity contribution is 6.40. The van der Waals surface area contributed by atoms with Gasteiger partial charge in [0.2, 0.25) is 0 Å². The number of carboxylic acid groups (broad SMARTS) is 1. The highest BCUT2D eigenvalue weighted by Crippen LogP contribution is 2.39. The molecule has 2 aromatic rings. The molecular formula is C34H47N6O4+. The average Bonchev–Trinajstić information content (AvgIpc) is 3.38. The van der Waals surface area contributed by atoms with Crippen LogP contribution in [0.15, 0.2) is 35.3 Å². The summed E-state index contributed by atoms with van der Waals surface area (Å²) in [5.74, 6) is -0.622. The number of pyridine rings is 1. The smallest absolute Gasteiger partial charge is 0.304 e. The molecule has 4 N–H and O–H groups in total. The van der Waals surface area contributed by atoms with Crippen molar-refractivity contribution >= 4 is 29.2 Å². The van der Waals surface area contributed by atoms with Crippen molar-refractivity contribution in [3.8, 4) is 0 Å². The molecule has 1 saturated heterocycles. The van der Waals surface area contributed by atoms with E-state index in [0.717, 1.165) is 55.0 Å². The largest absolute Gasteiger partial charge is 0.481 e. The zero-order valence-electron chi connectivity index (χ0n) is 26.7. The summed E-state index contributed by atoms with van der Waals surface area (Å²) < 4.78 is 0. The van der Waals surface area contributed by atoms with Gasteiger partial charge in [-0.2, -0.15) is 0 Å². The molecule has 10 nitrogen and oxygen atoms in total. The van der Waals surface area contributed by atoms with Crippen LogP contribution in [0.5, 0.6) is 0 Å². The van der Waals surface area contributed by atoms with Gasteiger partial charge in [0.15, 0.2) is 0 Å². The molecule has 3 heterocycles. The second-order valence-electron chi connectivity index (χ2n) is 14.0. The first kappa shape index (κ1) is 31.8. The van der Waals surface area contributed by atoms with Crippen LogP contribution in [0.2, 0.25) is 0 Å². The molecule has 0 unspecified atom stereocenters. The number of likely N-dealkylation sites (N-methyl/N-ethyl adjacent to an activating group) is 1. The fraction of sp³-hybridized carbons (Fsp3) is 0.559. The van der Waals surface area contributed by atoms with Crippen molar-refractivity contribution < 1.29 is 24.4 Å². The van der Waals surface area contributed by atoms with Gasteiger partial charge in [0.25, 0.3) is 11.8 Å². The van der Waals surface area contributed by atoms with Gasteiger partial charge in [-0.1, -0.05) is 32.9 Å². The lowest BCUT2D eigenvalue weighted by Gasteiger charge is -2.34. The molecule has 2 amide bonds. The molecule has 2 atom stereocenters. The Bertz CT molecular complexity index is 1440. The third kappa shape index (κ3) is 7.71. The van der Waals surface area contributed by atoms with Gasteiger partial charge < -0.3 is 25.5 Å². The molecule has 3 aliphatic rings. The van der Waals surface area contributed by atoms with E-state index in [1.54, 1.807) is 6.07 Å². The van der Waals surface area contributed by atoms with E-state index in [0.29, 0.717) is 43.1 Å². The first-order chi connectivity index (χ1) is 20.9. The Labute approximate surface area is 260 Å². The Hall–Kier alpha value is -3.63. The molecular weight excluding hydrogens is 556 g/mol. The summed E-state index contributed by atoms with van der Waals surface area (Å²) in [5.41, 5.74) is 6.07. The van der Waals surface area contributed by atoms with Gasteiger partial charge in [-0.3, -0.25) is 19.4 Å². The van der Waals surface area contributed by atoms with E-state index < -0.39 is 5.97 Å².